The number of furan rings is 1. The van der Waals surface area contributed by atoms with Crippen LogP contribution >= 0.6 is 11.8 Å². The molecule has 0 saturated carbocycles. The second kappa shape index (κ2) is 5.23. The van der Waals surface area contributed by atoms with E-state index >= 15 is 0 Å². The van der Waals surface area contributed by atoms with Gasteiger partial charge in [0.15, 0.2) is 17.8 Å². The van der Waals surface area contributed by atoms with Gasteiger partial charge in [-0.25, -0.2) is 0 Å². The molecule has 1 aromatic carbocycles. The third-order valence-corrected chi connectivity index (χ3v) is 3.54. The Kier molecular flexibility index (Phi) is 3.67. The SMILES string of the molecule is Cc1ccc(C)c(SC(=O)c2ccc(C=O)o2)c1. The third-order valence-electron chi connectivity index (χ3n) is 2.49. The Balaban J connectivity index is 2.20. The smallest absolute Gasteiger partial charge is 0.259 e. The zero-order valence-corrected chi connectivity index (χ0v) is 10.9. The molecule has 0 aliphatic carbocycles. The van der Waals surface area contributed by atoms with E-state index in [2.05, 4.69) is 0 Å². The molecule has 0 N–H and O–H groups in total. The molecule has 2 rings (SSSR count). The number of aldehydes is 1. The highest BCUT2D eigenvalue weighted by molar-refractivity contribution is 8.14. The molecule has 2 aromatic rings. The lowest BCUT2D eigenvalue weighted by atomic mass is 10.2. The highest BCUT2D eigenvalue weighted by Crippen LogP contribution is 2.27. The minimum atomic E-state index is -0.197. The van der Waals surface area contributed by atoms with Crippen molar-refractivity contribution in [2.75, 3.05) is 0 Å². The molecule has 0 fully saturated rings. The van der Waals surface area contributed by atoms with Crippen molar-refractivity contribution in [1.82, 2.24) is 0 Å². The van der Waals surface area contributed by atoms with Gasteiger partial charge in [0.2, 0.25) is 0 Å². The minimum absolute atomic E-state index is 0.167. The zero-order chi connectivity index (χ0) is 13.1. The first-order chi connectivity index (χ1) is 8.60. The van der Waals surface area contributed by atoms with Crippen LogP contribution in [0.15, 0.2) is 39.6 Å². The Morgan fingerprint density at radius 2 is 2.00 bits per heavy atom. The number of carbonyl (C=O) groups is 2. The summed E-state index contributed by atoms with van der Waals surface area (Å²) >= 11 is 1.11. The Hall–Kier alpha value is -1.81. The molecule has 0 atom stereocenters. The first-order valence-corrected chi connectivity index (χ1v) is 6.26. The van der Waals surface area contributed by atoms with Crippen molar-refractivity contribution >= 4 is 23.2 Å². The van der Waals surface area contributed by atoms with Gasteiger partial charge in [0, 0.05) is 4.90 Å². The third kappa shape index (κ3) is 2.71. The summed E-state index contributed by atoms with van der Waals surface area (Å²) < 4.78 is 5.10. The van der Waals surface area contributed by atoms with Gasteiger partial charge in [0.05, 0.1) is 0 Å². The molecule has 4 heteroatoms. The largest absolute Gasteiger partial charge is 0.449 e. The van der Waals surface area contributed by atoms with Crippen LogP contribution in [0.3, 0.4) is 0 Å². The number of hydrogen-bond donors (Lipinski definition) is 0. The number of aryl methyl sites for hydroxylation is 2. The molecular formula is C14H12O3S. The summed E-state index contributed by atoms with van der Waals surface area (Å²) in [5, 5.41) is -0.197. The molecule has 3 nitrogen and oxygen atoms in total. The fraction of sp³-hybridized carbons (Fsp3) is 0.143. The molecule has 0 unspecified atom stereocenters. The van der Waals surface area contributed by atoms with E-state index in [1.54, 1.807) is 0 Å². The molecule has 0 radical (unpaired) electrons. The quantitative estimate of drug-likeness (QED) is 0.624. The summed E-state index contributed by atoms with van der Waals surface area (Å²) in [6, 6.07) is 8.95. The van der Waals surface area contributed by atoms with Crippen molar-refractivity contribution in [3.8, 4) is 0 Å². The van der Waals surface area contributed by atoms with Crippen LogP contribution < -0.4 is 0 Å². The van der Waals surface area contributed by atoms with Crippen LogP contribution in [-0.4, -0.2) is 11.4 Å². The lowest BCUT2D eigenvalue weighted by Gasteiger charge is -2.04. The van der Waals surface area contributed by atoms with Crippen molar-refractivity contribution in [1.29, 1.82) is 0 Å². The lowest BCUT2D eigenvalue weighted by molar-refractivity contribution is 0.105. The monoisotopic (exact) mass is 260 g/mol. The Bertz CT molecular complexity index is 599. The van der Waals surface area contributed by atoms with Crippen LogP contribution in [0, 0.1) is 13.8 Å². The van der Waals surface area contributed by atoms with E-state index in [-0.39, 0.29) is 16.6 Å². The molecule has 18 heavy (non-hydrogen) atoms. The molecular weight excluding hydrogens is 248 g/mol. The van der Waals surface area contributed by atoms with Crippen LogP contribution in [0.1, 0.15) is 32.2 Å². The number of hydrogen-bond acceptors (Lipinski definition) is 4. The second-order valence-corrected chi connectivity index (χ2v) is 4.99. The van der Waals surface area contributed by atoms with Gasteiger partial charge >= 0.3 is 0 Å². The molecule has 0 amide bonds. The predicted molar refractivity (Wildman–Crippen MR) is 70.2 cm³/mol. The predicted octanol–water partition coefficient (Wildman–Crippen LogP) is 3.64. The molecule has 0 bridgehead atoms. The van der Waals surface area contributed by atoms with Crippen LogP contribution in [-0.2, 0) is 0 Å². The van der Waals surface area contributed by atoms with Crippen molar-refractivity contribution in [3.63, 3.8) is 0 Å². The van der Waals surface area contributed by atoms with Gasteiger partial charge < -0.3 is 4.42 Å². The van der Waals surface area contributed by atoms with Crippen LogP contribution in [0.2, 0.25) is 0 Å². The first kappa shape index (κ1) is 12.6. The van der Waals surface area contributed by atoms with Crippen molar-refractivity contribution in [2.24, 2.45) is 0 Å². The van der Waals surface area contributed by atoms with Gasteiger partial charge in [0.1, 0.15) is 0 Å². The van der Waals surface area contributed by atoms with E-state index in [0.29, 0.717) is 6.29 Å². The van der Waals surface area contributed by atoms with Gasteiger partial charge in [-0.2, -0.15) is 0 Å². The summed E-state index contributed by atoms with van der Waals surface area (Å²) in [5.41, 5.74) is 2.14. The maximum atomic E-state index is 12.0. The molecule has 1 heterocycles. The summed E-state index contributed by atoms with van der Waals surface area (Å²) in [6.45, 7) is 3.93. The summed E-state index contributed by atoms with van der Waals surface area (Å²) in [5.74, 6) is 0.364. The van der Waals surface area contributed by atoms with E-state index in [0.717, 1.165) is 27.8 Å². The van der Waals surface area contributed by atoms with Gasteiger partial charge in [-0.15, -0.1) is 0 Å². The average Bonchev–Trinajstić information content (AvgIpc) is 2.82. The molecule has 0 spiro atoms. The van der Waals surface area contributed by atoms with Gasteiger partial charge in [-0.3, -0.25) is 9.59 Å². The topological polar surface area (TPSA) is 47.3 Å². The van der Waals surface area contributed by atoms with Crippen molar-refractivity contribution in [2.45, 2.75) is 18.7 Å². The number of thioether (sulfide) groups is 1. The zero-order valence-electron chi connectivity index (χ0n) is 10.1. The molecule has 0 aliphatic rings. The minimum Gasteiger partial charge on any atom is -0.449 e. The van der Waals surface area contributed by atoms with E-state index < -0.39 is 0 Å². The Morgan fingerprint density at radius 1 is 1.22 bits per heavy atom. The van der Waals surface area contributed by atoms with E-state index in [1.807, 2.05) is 32.0 Å². The number of benzene rings is 1. The van der Waals surface area contributed by atoms with Gasteiger partial charge in [0.25, 0.3) is 5.12 Å². The van der Waals surface area contributed by atoms with Crippen molar-refractivity contribution in [3.05, 3.63) is 53.0 Å². The maximum Gasteiger partial charge on any atom is 0.259 e. The fourth-order valence-electron chi connectivity index (χ4n) is 1.49. The second-order valence-electron chi connectivity index (χ2n) is 3.98. The van der Waals surface area contributed by atoms with E-state index in [1.165, 1.54) is 12.1 Å². The standard InChI is InChI=1S/C14H12O3S/c1-9-3-4-10(2)13(7-9)18-14(16)12-6-5-11(8-15)17-12/h3-8H,1-2H3. The summed E-state index contributed by atoms with van der Waals surface area (Å²) in [4.78, 5) is 23.4. The van der Waals surface area contributed by atoms with Gasteiger partial charge in [-0.05, 0) is 54.9 Å². The highest BCUT2D eigenvalue weighted by Gasteiger charge is 2.14. The number of carbonyl (C=O) groups excluding carboxylic acids is 2. The molecule has 0 saturated heterocycles. The molecule has 1 aromatic heterocycles. The Morgan fingerprint density at radius 3 is 2.67 bits per heavy atom. The van der Waals surface area contributed by atoms with E-state index in [9.17, 15) is 9.59 Å². The van der Waals surface area contributed by atoms with Gasteiger partial charge in [-0.1, -0.05) is 12.1 Å². The Labute approximate surface area is 109 Å². The lowest BCUT2D eigenvalue weighted by Crippen LogP contribution is -1.92. The van der Waals surface area contributed by atoms with Crippen LogP contribution in [0.25, 0.3) is 0 Å². The maximum absolute atomic E-state index is 12.0. The van der Waals surface area contributed by atoms with Crippen molar-refractivity contribution < 1.29 is 14.0 Å². The fourth-order valence-corrected chi connectivity index (χ4v) is 2.38. The van der Waals surface area contributed by atoms with E-state index in [4.69, 9.17) is 4.42 Å². The van der Waals surface area contributed by atoms with Crippen LogP contribution in [0.4, 0.5) is 0 Å². The van der Waals surface area contributed by atoms with Crippen LogP contribution in [0.5, 0.6) is 0 Å². The highest BCUT2D eigenvalue weighted by atomic mass is 32.2. The average molecular weight is 260 g/mol. The molecule has 92 valence electrons. The normalized spacial score (nSPS) is 10.3. The molecule has 0 aliphatic heterocycles. The summed E-state index contributed by atoms with van der Waals surface area (Å²) in [6.07, 6.45) is 0.583. The number of rotatable bonds is 3. The first-order valence-electron chi connectivity index (χ1n) is 5.44. The summed E-state index contributed by atoms with van der Waals surface area (Å²) in [7, 11) is 0.